The number of non-ortho nitro benzene ring substituents is 1. The highest BCUT2D eigenvalue weighted by Gasteiger charge is 2.17. The van der Waals surface area contributed by atoms with Crippen LogP contribution in [0.25, 0.3) is 11.3 Å². The molecule has 0 fully saturated rings. The number of anilines is 3. The number of amides is 1. The van der Waals surface area contributed by atoms with Crippen molar-refractivity contribution in [2.24, 2.45) is 0 Å². The summed E-state index contributed by atoms with van der Waals surface area (Å²) in [5.41, 5.74) is 2.15. The van der Waals surface area contributed by atoms with Gasteiger partial charge < -0.3 is 10.1 Å². The molecule has 0 aliphatic heterocycles. The Morgan fingerprint density at radius 3 is 2.56 bits per heavy atom. The third kappa shape index (κ3) is 5.92. The van der Waals surface area contributed by atoms with Gasteiger partial charge in [-0.25, -0.2) is 14.8 Å². The zero-order valence-corrected chi connectivity index (χ0v) is 18.7. The molecule has 32 heavy (non-hydrogen) atoms. The number of nitrogens with zero attached hydrogens (tertiary/aromatic N) is 3. The zero-order valence-electron chi connectivity index (χ0n) is 18.0. The third-order valence-electron chi connectivity index (χ3n) is 4.20. The summed E-state index contributed by atoms with van der Waals surface area (Å²) in [6, 6.07) is 11.4. The molecular formula is C22H22ClN5O4. The molecule has 0 aliphatic carbocycles. The highest BCUT2D eigenvalue weighted by Crippen LogP contribution is 2.32. The Bertz CT molecular complexity index is 1180. The third-order valence-corrected chi connectivity index (χ3v) is 4.47. The van der Waals surface area contributed by atoms with Gasteiger partial charge in [0.25, 0.3) is 5.69 Å². The van der Waals surface area contributed by atoms with Crippen molar-refractivity contribution in [3.05, 3.63) is 69.4 Å². The molecule has 0 radical (unpaired) electrons. The Morgan fingerprint density at radius 1 is 1.16 bits per heavy atom. The number of aromatic nitrogens is 2. The van der Waals surface area contributed by atoms with Gasteiger partial charge in [0.2, 0.25) is 5.95 Å². The molecule has 3 aromatic rings. The van der Waals surface area contributed by atoms with Crippen LogP contribution in [0.3, 0.4) is 0 Å². The lowest BCUT2D eigenvalue weighted by Gasteiger charge is -2.19. The van der Waals surface area contributed by atoms with E-state index in [4.69, 9.17) is 16.3 Å². The number of nitro groups is 1. The number of halogens is 1. The van der Waals surface area contributed by atoms with Gasteiger partial charge in [-0.3, -0.25) is 15.4 Å². The van der Waals surface area contributed by atoms with E-state index in [0.29, 0.717) is 22.6 Å². The lowest BCUT2D eigenvalue weighted by molar-refractivity contribution is -0.384. The normalized spacial score (nSPS) is 11.0. The molecule has 0 bridgehead atoms. The van der Waals surface area contributed by atoms with E-state index < -0.39 is 16.6 Å². The number of ether oxygens (including phenoxy) is 1. The second kappa shape index (κ2) is 9.19. The van der Waals surface area contributed by atoms with Crippen molar-refractivity contribution in [1.29, 1.82) is 0 Å². The second-order valence-corrected chi connectivity index (χ2v) is 8.39. The summed E-state index contributed by atoms with van der Waals surface area (Å²) in [6.45, 7) is 7.16. The smallest absolute Gasteiger partial charge is 0.412 e. The van der Waals surface area contributed by atoms with E-state index >= 15 is 0 Å². The molecule has 1 heterocycles. The number of nitro benzene ring substituents is 1. The Morgan fingerprint density at radius 2 is 1.88 bits per heavy atom. The SMILES string of the molecule is Cc1ccc([N+](=O)[O-])cc1-c1nc(Nc2cccc(NC(=O)OC(C)(C)C)c2)ncc1Cl. The van der Waals surface area contributed by atoms with Crippen molar-refractivity contribution in [3.8, 4) is 11.3 Å². The molecule has 0 atom stereocenters. The molecule has 2 aromatic carbocycles. The van der Waals surface area contributed by atoms with Gasteiger partial charge in [0.05, 0.1) is 21.8 Å². The molecule has 0 aliphatic rings. The lowest BCUT2D eigenvalue weighted by Crippen LogP contribution is -2.27. The zero-order chi connectivity index (χ0) is 23.5. The molecule has 10 heteroatoms. The Hall–Kier alpha value is -3.72. The van der Waals surface area contributed by atoms with Crippen molar-refractivity contribution < 1.29 is 14.5 Å². The van der Waals surface area contributed by atoms with Crippen LogP contribution >= 0.6 is 11.6 Å². The first-order chi connectivity index (χ1) is 15.0. The van der Waals surface area contributed by atoms with Crippen LogP contribution in [-0.2, 0) is 4.74 Å². The van der Waals surface area contributed by atoms with Gasteiger partial charge in [0.1, 0.15) is 5.60 Å². The van der Waals surface area contributed by atoms with Crippen LogP contribution in [0.2, 0.25) is 5.02 Å². The monoisotopic (exact) mass is 455 g/mol. The largest absolute Gasteiger partial charge is 0.444 e. The number of hydrogen-bond acceptors (Lipinski definition) is 7. The molecule has 9 nitrogen and oxygen atoms in total. The quantitative estimate of drug-likeness (QED) is 0.352. The molecule has 0 spiro atoms. The second-order valence-electron chi connectivity index (χ2n) is 7.98. The predicted octanol–water partition coefficient (Wildman–Crippen LogP) is 6.10. The van der Waals surface area contributed by atoms with Gasteiger partial charge in [-0.05, 0) is 51.5 Å². The summed E-state index contributed by atoms with van der Waals surface area (Å²) >= 11 is 6.29. The molecule has 3 rings (SSSR count). The number of hydrogen-bond donors (Lipinski definition) is 2. The van der Waals surface area contributed by atoms with Gasteiger partial charge in [-0.1, -0.05) is 23.7 Å². The average Bonchev–Trinajstić information content (AvgIpc) is 2.68. The van der Waals surface area contributed by atoms with Crippen molar-refractivity contribution in [1.82, 2.24) is 9.97 Å². The van der Waals surface area contributed by atoms with Crippen molar-refractivity contribution in [2.45, 2.75) is 33.3 Å². The van der Waals surface area contributed by atoms with Gasteiger partial charge in [0, 0.05) is 29.1 Å². The van der Waals surface area contributed by atoms with Crippen LogP contribution in [0, 0.1) is 17.0 Å². The van der Waals surface area contributed by atoms with E-state index in [0.717, 1.165) is 5.56 Å². The van der Waals surface area contributed by atoms with Gasteiger partial charge >= 0.3 is 6.09 Å². The molecule has 0 saturated heterocycles. The van der Waals surface area contributed by atoms with Gasteiger partial charge in [-0.15, -0.1) is 0 Å². The Balaban J connectivity index is 1.85. The number of rotatable bonds is 5. The first-order valence-electron chi connectivity index (χ1n) is 9.67. The van der Waals surface area contributed by atoms with Gasteiger partial charge in [0.15, 0.2) is 0 Å². The maximum Gasteiger partial charge on any atom is 0.412 e. The fraction of sp³-hybridized carbons (Fsp3) is 0.227. The van der Waals surface area contributed by atoms with E-state index in [2.05, 4.69) is 20.6 Å². The van der Waals surface area contributed by atoms with E-state index in [1.807, 2.05) is 6.92 Å². The summed E-state index contributed by atoms with van der Waals surface area (Å²) in [5, 5.41) is 17.1. The summed E-state index contributed by atoms with van der Waals surface area (Å²) < 4.78 is 5.26. The number of aryl methyl sites for hydroxylation is 1. The minimum absolute atomic E-state index is 0.0595. The van der Waals surface area contributed by atoms with Crippen molar-refractivity contribution in [2.75, 3.05) is 10.6 Å². The topological polar surface area (TPSA) is 119 Å². The number of carbonyl (C=O) groups is 1. The minimum atomic E-state index is -0.613. The first-order valence-corrected chi connectivity index (χ1v) is 10.0. The Labute approximate surface area is 190 Å². The molecule has 0 saturated carbocycles. The van der Waals surface area contributed by atoms with E-state index in [1.165, 1.54) is 18.3 Å². The van der Waals surface area contributed by atoms with E-state index in [1.54, 1.807) is 51.1 Å². The Kier molecular flexibility index (Phi) is 6.59. The van der Waals surface area contributed by atoms with Gasteiger partial charge in [-0.2, -0.15) is 0 Å². The average molecular weight is 456 g/mol. The van der Waals surface area contributed by atoms with Crippen molar-refractivity contribution >= 4 is 40.7 Å². The van der Waals surface area contributed by atoms with Crippen LogP contribution < -0.4 is 10.6 Å². The fourth-order valence-electron chi connectivity index (χ4n) is 2.82. The maximum absolute atomic E-state index is 12.0. The van der Waals surface area contributed by atoms with Crippen molar-refractivity contribution in [3.63, 3.8) is 0 Å². The summed E-state index contributed by atoms with van der Waals surface area (Å²) in [6.07, 6.45) is 0.855. The summed E-state index contributed by atoms with van der Waals surface area (Å²) in [4.78, 5) is 31.3. The maximum atomic E-state index is 12.0. The molecule has 1 aromatic heterocycles. The molecule has 2 N–H and O–H groups in total. The summed E-state index contributed by atoms with van der Waals surface area (Å²) in [7, 11) is 0. The lowest BCUT2D eigenvalue weighted by atomic mass is 10.0. The predicted molar refractivity (Wildman–Crippen MR) is 123 cm³/mol. The molecule has 1 amide bonds. The standard InChI is InChI=1S/C22H22ClN5O4/c1-13-8-9-16(28(30)31)11-17(13)19-18(23)12-24-20(27-19)25-14-6-5-7-15(10-14)26-21(29)32-22(2,3)4/h5-12H,1-4H3,(H,26,29)(H,24,25,27). The van der Waals surface area contributed by atoms with Crippen LogP contribution in [-0.4, -0.2) is 26.6 Å². The molecular weight excluding hydrogens is 434 g/mol. The highest BCUT2D eigenvalue weighted by molar-refractivity contribution is 6.33. The van der Waals surface area contributed by atoms with Crippen LogP contribution in [0.5, 0.6) is 0 Å². The minimum Gasteiger partial charge on any atom is -0.444 e. The van der Waals surface area contributed by atoms with E-state index in [9.17, 15) is 14.9 Å². The first kappa shape index (κ1) is 23.0. The van der Waals surface area contributed by atoms with E-state index in [-0.39, 0.29) is 16.7 Å². The number of nitrogens with one attached hydrogen (secondary N) is 2. The van der Waals surface area contributed by atoms with Crippen LogP contribution in [0.1, 0.15) is 26.3 Å². The fourth-order valence-corrected chi connectivity index (χ4v) is 3.01. The summed E-state index contributed by atoms with van der Waals surface area (Å²) in [5.74, 6) is 0.240. The van der Waals surface area contributed by atoms with Crippen LogP contribution in [0.15, 0.2) is 48.7 Å². The highest BCUT2D eigenvalue weighted by atomic mass is 35.5. The molecule has 166 valence electrons. The molecule has 0 unspecified atom stereocenters. The number of carbonyl (C=O) groups excluding carboxylic acids is 1. The number of benzene rings is 2. The van der Waals surface area contributed by atoms with Crippen LogP contribution in [0.4, 0.5) is 27.8 Å².